The zero-order valence-corrected chi connectivity index (χ0v) is 20.2. The van der Waals surface area contributed by atoms with Crippen LogP contribution in [0.15, 0.2) is 83.4 Å². The van der Waals surface area contributed by atoms with Crippen LogP contribution in [-0.4, -0.2) is 55.9 Å². The number of fused-ring (bicyclic) bond motifs is 1. The van der Waals surface area contributed by atoms with Crippen LogP contribution < -0.4 is 10.6 Å². The molecule has 2 atom stereocenters. The van der Waals surface area contributed by atoms with Gasteiger partial charge in [0.15, 0.2) is 0 Å². The van der Waals surface area contributed by atoms with Gasteiger partial charge in [0, 0.05) is 61.4 Å². The lowest BCUT2D eigenvalue weighted by Crippen LogP contribution is -2.23. The van der Waals surface area contributed by atoms with Crippen molar-refractivity contribution in [3.8, 4) is 0 Å². The minimum Gasteiger partial charge on any atom is -0.385 e. The van der Waals surface area contributed by atoms with Crippen LogP contribution in [0.5, 0.6) is 0 Å². The topological polar surface area (TPSA) is 52.6 Å². The molecule has 0 amide bonds. The van der Waals surface area contributed by atoms with Crippen LogP contribution in [0.2, 0.25) is 0 Å². The molecule has 2 N–H and O–H groups in total. The van der Waals surface area contributed by atoms with Crippen molar-refractivity contribution >= 4 is 22.8 Å². The molecule has 4 rings (SSSR count). The summed E-state index contributed by atoms with van der Waals surface area (Å²) in [6.07, 6.45) is 12.0. The van der Waals surface area contributed by atoms with Crippen molar-refractivity contribution < 1.29 is 8.78 Å². The van der Waals surface area contributed by atoms with Crippen molar-refractivity contribution in [1.82, 2.24) is 15.2 Å². The van der Waals surface area contributed by atoms with Crippen molar-refractivity contribution in [2.24, 2.45) is 16.8 Å². The summed E-state index contributed by atoms with van der Waals surface area (Å²) in [5, 5.41) is 7.95. The predicted molar refractivity (Wildman–Crippen MR) is 141 cm³/mol. The number of anilines is 1. The largest absolute Gasteiger partial charge is 0.385 e. The molecule has 1 saturated heterocycles. The van der Waals surface area contributed by atoms with Gasteiger partial charge in [-0.05, 0) is 73.7 Å². The van der Waals surface area contributed by atoms with Gasteiger partial charge in [-0.1, -0.05) is 12.7 Å². The molecule has 3 heterocycles. The number of allylic oxidation sites excluding steroid dienone is 4. The van der Waals surface area contributed by atoms with E-state index in [4.69, 9.17) is 0 Å². The molecule has 1 aromatic heterocycles. The van der Waals surface area contributed by atoms with Gasteiger partial charge in [0.25, 0.3) is 0 Å². The van der Waals surface area contributed by atoms with Crippen LogP contribution >= 0.6 is 0 Å². The van der Waals surface area contributed by atoms with Crippen molar-refractivity contribution in [3.63, 3.8) is 0 Å². The van der Waals surface area contributed by atoms with E-state index in [-0.39, 0.29) is 11.6 Å². The number of benzene rings is 1. The van der Waals surface area contributed by atoms with Crippen LogP contribution in [0, 0.1) is 17.7 Å². The molecular weight excluding hydrogens is 444 g/mol. The fourth-order valence-electron chi connectivity index (χ4n) is 4.83. The number of nitrogens with zero attached hydrogens (tertiary/aromatic N) is 3. The Morgan fingerprint density at radius 2 is 1.83 bits per heavy atom. The number of nitrogens with one attached hydrogen (secondary N) is 2. The van der Waals surface area contributed by atoms with Crippen LogP contribution in [0.1, 0.15) is 12.8 Å². The number of aromatic nitrogens is 1. The van der Waals surface area contributed by atoms with E-state index in [9.17, 15) is 8.78 Å². The van der Waals surface area contributed by atoms with E-state index in [2.05, 4.69) is 39.1 Å². The molecule has 0 bridgehead atoms. The molecule has 0 saturated carbocycles. The van der Waals surface area contributed by atoms with Crippen LogP contribution in [0.4, 0.5) is 14.5 Å². The third-order valence-corrected chi connectivity index (χ3v) is 6.65. The minimum absolute atomic E-state index is 0.273. The monoisotopic (exact) mass is 477 g/mol. The molecule has 0 aliphatic carbocycles. The zero-order chi connectivity index (χ0) is 24.6. The van der Waals surface area contributed by atoms with Gasteiger partial charge >= 0.3 is 0 Å². The maximum absolute atomic E-state index is 13.7. The van der Waals surface area contributed by atoms with Crippen LogP contribution in [0.3, 0.4) is 0 Å². The van der Waals surface area contributed by atoms with E-state index in [0.29, 0.717) is 23.9 Å². The van der Waals surface area contributed by atoms with E-state index >= 15 is 0 Å². The third-order valence-electron chi connectivity index (χ3n) is 6.65. The third kappa shape index (κ3) is 6.85. The number of rotatable bonds is 8. The molecule has 1 aromatic carbocycles. The highest BCUT2D eigenvalue weighted by Gasteiger charge is 2.30. The normalized spacial score (nSPS) is 26.0. The highest BCUT2D eigenvalue weighted by atomic mass is 19.1. The second-order valence-corrected chi connectivity index (χ2v) is 9.23. The summed E-state index contributed by atoms with van der Waals surface area (Å²) in [6, 6.07) is 6.67. The lowest BCUT2D eigenvalue weighted by molar-refractivity contribution is 0.376. The van der Waals surface area contributed by atoms with E-state index in [0.717, 1.165) is 61.4 Å². The summed E-state index contributed by atoms with van der Waals surface area (Å²) in [5.41, 5.74) is 3.25. The molecule has 2 aromatic rings. The number of hydrogen-bond donors (Lipinski definition) is 2. The average molecular weight is 478 g/mol. The Morgan fingerprint density at radius 1 is 1.06 bits per heavy atom. The molecular formula is C28H33F2N5. The maximum Gasteiger partial charge on any atom is 0.125 e. The van der Waals surface area contributed by atoms with Crippen molar-refractivity contribution in [2.75, 3.05) is 45.1 Å². The van der Waals surface area contributed by atoms with Crippen molar-refractivity contribution in [2.45, 2.75) is 12.8 Å². The summed E-state index contributed by atoms with van der Waals surface area (Å²) in [6.45, 7) is 8.19. The number of halogens is 2. The number of aliphatic imine (C=N–C) groups is 1. The number of likely N-dealkylation sites (tertiary alicyclic amines) is 1. The Bertz CT molecular complexity index is 1170. The second kappa shape index (κ2) is 11.9. The number of hydrogen-bond acceptors (Lipinski definition) is 5. The quantitative estimate of drug-likeness (QED) is 0.544. The first kappa shape index (κ1) is 24.8. The highest BCUT2D eigenvalue weighted by Crippen LogP contribution is 2.29. The van der Waals surface area contributed by atoms with Gasteiger partial charge in [-0.2, -0.15) is 0 Å². The lowest BCUT2D eigenvalue weighted by atomic mass is 9.90. The van der Waals surface area contributed by atoms with Crippen LogP contribution in [-0.2, 0) is 0 Å². The molecule has 5 nitrogen and oxygen atoms in total. The van der Waals surface area contributed by atoms with E-state index < -0.39 is 0 Å². The Morgan fingerprint density at radius 3 is 2.63 bits per heavy atom. The first-order valence-electron chi connectivity index (χ1n) is 12.1. The Hall–Kier alpha value is -3.32. The second-order valence-electron chi connectivity index (χ2n) is 9.23. The summed E-state index contributed by atoms with van der Waals surface area (Å²) in [7, 11) is 2.17. The Kier molecular flexibility index (Phi) is 8.42. The lowest BCUT2D eigenvalue weighted by Gasteiger charge is -2.20. The molecule has 0 unspecified atom stereocenters. The van der Waals surface area contributed by atoms with E-state index in [1.807, 2.05) is 12.1 Å². The van der Waals surface area contributed by atoms with Gasteiger partial charge in [0.2, 0.25) is 0 Å². The molecule has 184 valence electrons. The minimum atomic E-state index is -0.304. The molecule has 0 spiro atoms. The average Bonchev–Trinajstić information content (AvgIpc) is 3.19. The summed E-state index contributed by atoms with van der Waals surface area (Å²) in [5.74, 6) is 0.587. The fourth-order valence-corrected chi connectivity index (χ4v) is 4.83. The van der Waals surface area contributed by atoms with Gasteiger partial charge in [0.05, 0.1) is 12.1 Å². The molecule has 2 aliphatic rings. The molecule has 7 heteroatoms. The Labute approximate surface area is 206 Å². The fraction of sp³-hybridized carbons (Fsp3) is 0.357. The van der Waals surface area contributed by atoms with E-state index in [1.54, 1.807) is 24.6 Å². The van der Waals surface area contributed by atoms with Gasteiger partial charge in [-0.15, -0.1) is 0 Å². The Balaban J connectivity index is 1.30. The first-order chi connectivity index (χ1) is 17.0. The number of pyridine rings is 1. The summed E-state index contributed by atoms with van der Waals surface area (Å²) < 4.78 is 27.2. The molecule has 1 fully saturated rings. The highest BCUT2D eigenvalue weighted by molar-refractivity contribution is 5.90. The van der Waals surface area contributed by atoms with Gasteiger partial charge in [-0.25, -0.2) is 8.78 Å². The van der Waals surface area contributed by atoms with E-state index in [1.165, 1.54) is 24.3 Å². The van der Waals surface area contributed by atoms with Gasteiger partial charge in [0.1, 0.15) is 11.6 Å². The zero-order valence-electron chi connectivity index (χ0n) is 20.2. The molecule has 2 aliphatic heterocycles. The first-order valence-corrected chi connectivity index (χ1v) is 12.1. The van der Waals surface area contributed by atoms with Crippen LogP contribution in [0.25, 0.3) is 10.9 Å². The SMILES string of the molecule is C=C1/C=C\C(F)=C/C/N=C\C=C/1NCC[C@@H]1CN(C)C[C@@H]1CCNc1ccnc2cc(F)ccc12. The standard InChI is InChI=1S/C28H33F2N5/c1-20-3-4-23(29)9-12-31-13-10-26(20)32-14-7-21-18-35(2)19-22(21)8-15-33-27-11-16-34-28-17-24(30)5-6-25(27)28/h3-6,9-11,13,16-17,21-22,32H,1,7-8,12,14-15,18-19H2,2H3,(H,33,34)/b4-3-,23-9+,26-10+,31-13-/t21-,22+/m1/s1. The summed E-state index contributed by atoms with van der Waals surface area (Å²) in [4.78, 5) is 10.9. The van der Waals surface area contributed by atoms with Gasteiger partial charge < -0.3 is 15.5 Å². The molecule has 0 radical (unpaired) electrons. The van der Waals surface area contributed by atoms with Crippen molar-refractivity contribution in [3.05, 3.63) is 84.3 Å². The summed E-state index contributed by atoms with van der Waals surface area (Å²) >= 11 is 0. The molecule has 35 heavy (non-hydrogen) atoms. The maximum atomic E-state index is 13.7. The van der Waals surface area contributed by atoms with Crippen molar-refractivity contribution in [1.29, 1.82) is 0 Å². The van der Waals surface area contributed by atoms with Gasteiger partial charge in [-0.3, -0.25) is 9.98 Å². The predicted octanol–water partition coefficient (Wildman–Crippen LogP) is 5.27. The smallest absolute Gasteiger partial charge is 0.125 e.